The molecule has 3 aromatic heterocycles. The van der Waals surface area contributed by atoms with Gasteiger partial charge in [0.05, 0.1) is 36.9 Å². The SMILES string of the molecule is CCOC(=O)c1sc(N2CC[C@@H](NC(=O)c3[nH]c(Cl)c(C)c3Cl)[C@@H](OC)C2)nc1-c1ncnn1CCOC. The summed E-state index contributed by atoms with van der Waals surface area (Å²) in [7, 11) is 3.19. The van der Waals surface area contributed by atoms with E-state index in [9.17, 15) is 9.59 Å². The van der Waals surface area contributed by atoms with Gasteiger partial charge in [0, 0.05) is 32.9 Å². The minimum absolute atomic E-state index is 0.215. The van der Waals surface area contributed by atoms with Crippen molar-refractivity contribution in [3.63, 3.8) is 0 Å². The number of ether oxygens (including phenoxy) is 3. The van der Waals surface area contributed by atoms with Crippen molar-refractivity contribution < 1.29 is 23.8 Å². The first-order chi connectivity index (χ1) is 18.3. The van der Waals surface area contributed by atoms with Gasteiger partial charge in [-0.25, -0.2) is 19.4 Å². The predicted octanol–water partition coefficient (Wildman–Crippen LogP) is 3.19. The molecule has 38 heavy (non-hydrogen) atoms. The van der Waals surface area contributed by atoms with E-state index in [2.05, 4.69) is 20.4 Å². The fourth-order valence-corrected chi connectivity index (χ4v) is 5.61. The molecule has 0 aromatic carbocycles. The average molecular weight is 587 g/mol. The summed E-state index contributed by atoms with van der Waals surface area (Å²) >= 11 is 13.6. The molecule has 1 fully saturated rings. The van der Waals surface area contributed by atoms with Gasteiger partial charge in [-0.3, -0.25) is 4.79 Å². The number of rotatable bonds is 10. The Hall–Kier alpha value is -2.71. The number of carbonyl (C=O) groups is 2. The van der Waals surface area contributed by atoms with Gasteiger partial charge in [0.2, 0.25) is 0 Å². The van der Waals surface area contributed by atoms with Crippen LogP contribution in [0.1, 0.15) is 39.1 Å². The van der Waals surface area contributed by atoms with Gasteiger partial charge in [0.25, 0.3) is 5.91 Å². The first-order valence-electron chi connectivity index (χ1n) is 12.0. The molecule has 4 rings (SSSR count). The molecule has 0 unspecified atom stereocenters. The zero-order chi connectivity index (χ0) is 27.4. The Balaban J connectivity index is 1.55. The fraction of sp³-hybridized carbons (Fsp3) is 0.522. The zero-order valence-corrected chi connectivity index (χ0v) is 23.7. The van der Waals surface area contributed by atoms with Crippen LogP contribution in [0.5, 0.6) is 0 Å². The lowest BCUT2D eigenvalue weighted by Gasteiger charge is -2.37. The summed E-state index contributed by atoms with van der Waals surface area (Å²) in [5.74, 6) is -0.383. The second-order valence-electron chi connectivity index (χ2n) is 8.54. The standard InChI is InChI=1S/C23H29Cl2N7O5S/c1-5-37-22(34)18-17(20-26-11-27-32(20)8-9-35-3)30-23(38-18)31-7-6-13(14(10-31)36-4)28-21(33)16-15(24)12(2)19(25)29-16/h11,13-14,29H,5-10H2,1-4H3,(H,28,33)/t13-,14+/m1/s1. The van der Waals surface area contributed by atoms with Gasteiger partial charge < -0.3 is 29.4 Å². The number of piperidine rings is 1. The van der Waals surface area contributed by atoms with Crippen molar-refractivity contribution in [1.82, 2.24) is 30.0 Å². The van der Waals surface area contributed by atoms with Crippen LogP contribution in [0.4, 0.5) is 5.13 Å². The van der Waals surface area contributed by atoms with E-state index >= 15 is 0 Å². The second-order valence-corrected chi connectivity index (χ2v) is 10.3. The van der Waals surface area contributed by atoms with Gasteiger partial charge in [-0.1, -0.05) is 34.5 Å². The molecule has 0 spiro atoms. The van der Waals surface area contributed by atoms with Crippen LogP contribution in [0.3, 0.4) is 0 Å². The quantitative estimate of drug-likeness (QED) is 0.343. The lowest BCUT2D eigenvalue weighted by atomic mass is 10.0. The number of methoxy groups -OCH3 is 2. The highest BCUT2D eigenvalue weighted by molar-refractivity contribution is 7.17. The van der Waals surface area contributed by atoms with Gasteiger partial charge in [0.15, 0.2) is 11.0 Å². The van der Waals surface area contributed by atoms with Crippen LogP contribution < -0.4 is 10.2 Å². The van der Waals surface area contributed by atoms with Crippen LogP contribution in [-0.2, 0) is 20.8 Å². The summed E-state index contributed by atoms with van der Waals surface area (Å²) in [5, 5.41) is 8.48. The number of aromatic amines is 1. The molecule has 1 aliphatic heterocycles. The highest BCUT2D eigenvalue weighted by Crippen LogP contribution is 2.35. The summed E-state index contributed by atoms with van der Waals surface area (Å²) < 4.78 is 17.8. The number of anilines is 1. The van der Waals surface area contributed by atoms with Crippen molar-refractivity contribution in [2.75, 3.05) is 45.4 Å². The number of amides is 1. The Morgan fingerprint density at radius 1 is 1.32 bits per heavy atom. The maximum Gasteiger partial charge on any atom is 0.350 e. The summed E-state index contributed by atoms with van der Waals surface area (Å²) in [6.07, 6.45) is 1.64. The third-order valence-corrected chi connectivity index (χ3v) is 8.15. The molecule has 206 valence electrons. The molecule has 1 amide bonds. The number of thiazole rings is 1. The number of carbonyl (C=O) groups excluding carboxylic acids is 2. The number of halogens is 2. The molecule has 15 heteroatoms. The highest BCUT2D eigenvalue weighted by Gasteiger charge is 2.34. The van der Waals surface area contributed by atoms with Crippen molar-refractivity contribution in [1.29, 1.82) is 0 Å². The number of nitrogens with zero attached hydrogens (tertiary/aromatic N) is 5. The Labute approximate surface area is 233 Å². The lowest BCUT2D eigenvalue weighted by molar-refractivity contribution is 0.0531. The van der Waals surface area contributed by atoms with Crippen LogP contribution >= 0.6 is 34.5 Å². The van der Waals surface area contributed by atoms with Crippen LogP contribution in [0.15, 0.2) is 6.33 Å². The smallest absolute Gasteiger partial charge is 0.350 e. The van der Waals surface area contributed by atoms with Crippen LogP contribution in [0.25, 0.3) is 11.5 Å². The summed E-state index contributed by atoms with van der Waals surface area (Å²) in [6.45, 7) is 5.59. The summed E-state index contributed by atoms with van der Waals surface area (Å²) in [5.41, 5.74) is 1.23. The van der Waals surface area contributed by atoms with Gasteiger partial charge in [0.1, 0.15) is 27.7 Å². The van der Waals surface area contributed by atoms with Crippen LogP contribution in [-0.4, -0.2) is 89.3 Å². The van der Waals surface area contributed by atoms with Crippen LogP contribution in [0, 0.1) is 6.92 Å². The molecule has 1 aliphatic rings. The molecule has 12 nitrogen and oxygen atoms in total. The van der Waals surface area contributed by atoms with Gasteiger partial charge in [-0.05, 0) is 20.3 Å². The fourth-order valence-electron chi connectivity index (χ4n) is 4.15. The maximum atomic E-state index is 12.9. The Bertz CT molecular complexity index is 1290. The third-order valence-electron chi connectivity index (χ3n) is 6.20. The minimum Gasteiger partial charge on any atom is -0.462 e. The van der Waals surface area contributed by atoms with E-state index in [0.29, 0.717) is 69.9 Å². The van der Waals surface area contributed by atoms with E-state index in [-0.39, 0.29) is 30.4 Å². The number of hydrogen-bond donors (Lipinski definition) is 2. The summed E-state index contributed by atoms with van der Waals surface area (Å²) in [4.78, 5) is 40.0. The van der Waals surface area contributed by atoms with Crippen molar-refractivity contribution in [2.24, 2.45) is 0 Å². The van der Waals surface area contributed by atoms with E-state index in [1.165, 1.54) is 17.7 Å². The minimum atomic E-state index is -0.477. The number of esters is 1. The van der Waals surface area contributed by atoms with E-state index in [1.54, 1.807) is 32.7 Å². The van der Waals surface area contributed by atoms with Crippen molar-refractivity contribution in [2.45, 2.75) is 39.0 Å². The van der Waals surface area contributed by atoms with Gasteiger partial charge in [-0.2, -0.15) is 5.10 Å². The molecule has 0 aliphatic carbocycles. The molecule has 3 aromatic rings. The van der Waals surface area contributed by atoms with Crippen molar-refractivity contribution >= 4 is 51.5 Å². The molecule has 0 saturated carbocycles. The molecule has 2 atom stereocenters. The number of aromatic nitrogens is 5. The maximum absolute atomic E-state index is 12.9. The predicted molar refractivity (Wildman–Crippen MR) is 143 cm³/mol. The Morgan fingerprint density at radius 3 is 2.76 bits per heavy atom. The van der Waals surface area contributed by atoms with E-state index in [4.69, 9.17) is 42.4 Å². The number of hydrogen-bond acceptors (Lipinski definition) is 10. The largest absolute Gasteiger partial charge is 0.462 e. The average Bonchev–Trinajstić information content (AvgIpc) is 3.62. The summed E-state index contributed by atoms with van der Waals surface area (Å²) in [6, 6.07) is -0.275. The van der Waals surface area contributed by atoms with Gasteiger partial charge in [-0.15, -0.1) is 0 Å². The lowest BCUT2D eigenvalue weighted by Crippen LogP contribution is -2.55. The normalized spacial score (nSPS) is 17.6. The highest BCUT2D eigenvalue weighted by atomic mass is 35.5. The first-order valence-corrected chi connectivity index (χ1v) is 13.5. The number of H-pyrrole nitrogens is 1. The van der Waals surface area contributed by atoms with Gasteiger partial charge >= 0.3 is 5.97 Å². The van der Waals surface area contributed by atoms with Crippen LogP contribution in [0.2, 0.25) is 10.2 Å². The van der Waals surface area contributed by atoms with E-state index in [0.717, 1.165) is 0 Å². The molecule has 4 heterocycles. The third kappa shape index (κ3) is 5.81. The molecule has 0 radical (unpaired) electrons. The van der Waals surface area contributed by atoms with E-state index < -0.39 is 5.97 Å². The van der Waals surface area contributed by atoms with E-state index in [1.807, 2.05) is 4.90 Å². The molecule has 0 bridgehead atoms. The molecular weight excluding hydrogens is 557 g/mol. The van der Waals surface area contributed by atoms with Crippen molar-refractivity contribution in [3.8, 4) is 11.5 Å². The Morgan fingerprint density at radius 2 is 2.11 bits per heavy atom. The molecule has 2 N–H and O–H groups in total. The first kappa shape index (κ1) is 28.3. The second kappa shape index (κ2) is 12.4. The topological polar surface area (TPSA) is 136 Å². The number of nitrogens with one attached hydrogen (secondary N) is 2. The zero-order valence-electron chi connectivity index (χ0n) is 21.4. The molecule has 1 saturated heterocycles. The monoisotopic (exact) mass is 585 g/mol. The Kier molecular flexibility index (Phi) is 9.26. The van der Waals surface area contributed by atoms with Crippen molar-refractivity contribution in [3.05, 3.63) is 32.6 Å². The molecular formula is C23H29Cl2N7O5S.